The van der Waals surface area contributed by atoms with Gasteiger partial charge in [0.25, 0.3) is 0 Å². The lowest BCUT2D eigenvalue weighted by molar-refractivity contribution is -0.140. The molecule has 1 heterocycles. The minimum Gasteiger partial charge on any atom is -0.480 e. The number of halogens is 1. The van der Waals surface area contributed by atoms with Gasteiger partial charge in [0.2, 0.25) is 5.91 Å². The number of thiophene rings is 1. The molecule has 21 heavy (non-hydrogen) atoms. The number of rotatable bonds is 9. The molecule has 1 amide bonds. The summed E-state index contributed by atoms with van der Waals surface area (Å²) in [6, 6.07) is 2.83. The second-order valence-corrected chi connectivity index (χ2v) is 5.72. The second kappa shape index (κ2) is 10.6. The quantitative estimate of drug-likeness (QED) is 0.646. The zero-order valence-corrected chi connectivity index (χ0v) is 13.9. The van der Waals surface area contributed by atoms with E-state index in [4.69, 9.17) is 5.11 Å². The molecule has 1 aromatic heterocycles. The average Bonchev–Trinajstić information content (AvgIpc) is 2.91. The van der Waals surface area contributed by atoms with Crippen molar-refractivity contribution in [3.05, 3.63) is 22.4 Å². The van der Waals surface area contributed by atoms with E-state index in [2.05, 4.69) is 10.6 Å². The Hall–Kier alpha value is -1.11. The van der Waals surface area contributed by atoms with E-state index in [9.17, 15) is 9.59 Å². The van der Waals surface area contributed by atoms with Gasteiger partial charge < -0.3 is 10.4 Å². The molecule has 0 fully saturated rings. The molecule has 2 atom stereocenters. The molecule has 0 aliphatic rings. The highest BCUT2D eigenvalue weighted by Crippen LogP contribution is 2.08. The molecule has 120 valence electrons. The van der Waals surface area contributed by atoms with Gasteiger partial charge in [0.1, 0.15) is 6.04 Å². The zero-order chi connectivity index (χ0) is 15.0. The van der Waals surface area contributed by atoms with Crippen molar-refractivity contribution in [3.63, 3.8) is 0 Å². The van der Waals surface area contributed by atoms with Crippen molar-refractivity contribution in [2.24, 2.45) is 0 Å². The normalized spacial score (nSPS) is 13.0. The fourth-order valence-corrected chi connectivity index (χ4v) is 2.57. The van der Waals surface area contributed by atoms with Crippen LogP contribution in [0.25, 0.3) is 0 Å². The first-order chi connectivity index (χ1) is 9.54. The van der Waals surface area contributed by atoms with E-state index in [1.807, 2.05) is 24.4 Å². The lowest BCUT2D eigenvalue weighted by atomic mass is 10.1. The molecule has 0 aliphatic heterocycles. The summed E-state index contributed by atoms with van der Waals surface area (Å²) in [6.45, 7) is 4.17. The van der Waals surface area contributed by atoms with Crippen LogP contribution >= 0.6 is 23.7 Å². The third-order valence-electron chi connectivity index (χ3n) is 2.97. The van der Waals surface area contributed by atoms with E-state index in [1.165, 1.54) is 4.88 Å². The first-order valence-corrected chi connectivity index (χ1v) is 7.71. The van der Waals surface area contributed by atoms with Crippen LogP contribution in [-0.4, -0.2) is 35.6 Å². The standard InChI is InChI=1S/C14H22N2O3S.ClH/c1-3-5-12(14(18)19)16-10(2)13(17)15-8-7-11-6-4-9-20-11;/h4,6,9-10,12,16H,3,5,7-8H2,1-2H3,(H,15,17)(H,18,19);1H. The predicted molar refractivity (Wildman–Crippen MR) is 87.2 cm³/mol. The van der Waals surface area contributed by atoms with Gasteiger partial charge in [-0.05, 0) is 31.2 Å². The lowest BCUT2D eigenvalue weighted by Gasteiger charge is -2.19. The minimum absolute atomic E-state index is 0. The van der Waals surface area contributed by atoms with Gasteiger partial charge in [-0.1, -0.05) is 19.4 Å². The molecule has 0 saturated carbocycles. The van der Waals surface area contributed by atoms with Crippen molar-refractivity contribution in [3.8, 4) is 0 Å². The van der Waals surface area contributed by atoms with Gasteiger partial charge in [-0.15, -0.1) is 23.7 Å². The fraction of sp³-hybridized carbons (Fsp3) is 0.571. The molecule has 3 N–H and O–H groups in total. The molecule has 1 aromatic rings. The molecule has 1 rings (SSSR count). The zero-order valence-electron chi connectivity index (χ0n) is 12.3. The summed E-state index contributed by atoms with van der Waals surface area (Å²) in [6.07, 6.45) is 2.08. The number of aliphatic carboxylic acids is 1. The molecule has 0 saturated heterocycles. The largest absolute Gasteiger partial charge is 0.480 e. The summed E-state index contributed by atoms with van der Waals surface area (Å²) in [4.78, 5) is 24.1. The Bertz CT molecular complexity index is 426. The van der Waals surface area contributed by atoms with Crippen LogP contribution in [0.15, 0.2) is 17.5 Å². The van der Waals surface area contributed by atoms with Crippen LogP contribution in [0, 0.1) is 0 Å². The Morgan fingerprint density at radius 1 is 1.43 bits per heavy atom. The smallest absolute Gasteiger partial charge is 0.320 e. The molecule has 0 spiro atoms. The Balaban J connectivity index is 0.00000400. The van der Waals surface area contributed by atoms with Crippen molar-refractivity contribution in [2.75, 3.05) is 6.54 Å². The van der Waals surface area contributed by atoms with E-state index in [0.29, 0.717) is 13.0 Å². The van der Waals surface area contributed by atoms with Crippen molar-refractivity contribution in [2.45, 2.75) is 45.2 Å². The van der Waals surface area contributed by atoms with Crippen LogP contribution in [0.3, 0.4) is 0 Å². The van der Waals surface area contributed by atoms with E-state index in [-0.39, 0.29) is 18.3 Å². The molecular weight excluding hydrogens is 312 g/mol. The first kappa shape index (κ1) is 19.9. The van der Waals surface area contributed by atoms with Crippen LogP contribution < -0.4 is 10.6 Å². The summed E-state index contributed by atoms with van der Waals surface area (Å²) in [5, 5.41) is 16.7. The minimum atomic E-state index is -0.912. The van der Waals surface area contributed by atoms with Gasteiger partial charge in [0, 0.05) is 11.4 Å². The maximum atomic E-state index is 11.9. The van der Waals surface area contributed by atoms with Crippen LogP contribution in [0.5, 0.6) is 0 Å². The maximum absolute atomic E-state index is 11.9. The summed E-state index contributed by atoms with van der Waals surface area (Å²) < 4.78 is 0. The number of carboxylic acids is 1. The van der Waals surface area contributed by atoms with Crippen molar-refractivity contribution in [1.29, 1.82) is 0 Å². The van der Waals surface area contributed by atoms with Crippen LogP contribution in [0.2, 0.25) is 0 Å². The van der Waals surface area contributed by atoms with E-state index < -0.39 is 18.1 Å². The van der Waals surface area contributed by atoms with Gasteiger partial charge in [-0.3, -0.25) is 14.9 Å². The van der Waals surface area contributed by atoms with E-state index >= 15 is 0 Å². The van der Waals surface area contributed by atoms with Crippen LogP contribution in [-0.2, 0) is 16.0 Å². The highest BCUT2D eigenvalue weighted by molar-refractivity contribution is 7.09. The van der Waals surface area contributed by atoms with Crippen LogP contribution in [0.1, 0.15) is 31.6 Å². The summed E-state index contributed by atoms with van der Waals surface area (Å²) in [7, 11) is 0. The Kier molecular flexibility index (Phi) is 10.0. The number of carbonyl (C=O) groups is 2. The number of hydrogen-bond acceptors (Lipinski definition) is 4. The van der Waals surface area contributed by atoms with Crippen molar-refractivity contribution >= 4 is 35.6 Å². The number of amides is 1. The molecular formula is C14H23ClN2O3S. The molecule has 5 nitrogen and oxygen atoms in total. The third-order valence-corrected chi connectivity index (χ3v) is 3.91. The molecule has 0 aromatic carbocycles. The van der Waals surface area contributed by atoms with Crippen molar-refractivity contribution in [1.82, 2.24) is 10.6 Å². The SMILES string of the molecule is CCCC(NC(C)C(=O)NCCc1cccs1)C(=O)O.Cl. The maximum Gasteiger partial charge on any atom is 0.320 e. The van der Waals surface area contributed by atoms with Gasteiger partial charge in [-0.25, -0.2) is 0 Å². The van der Waals surface area contributed by atoms with Gasteiger partial charge in [0.05, 0.1) is 6.04 Å². The van der Waals surface area contributed by atoms with Gasteiger partial charge in [0.15, 0.2) is 0 Å². The average molecular weight is 335 g/mol. The van der Waals surface area contributed by atoms with Crippen LogP contribution in [0.4, 0.5) is 0 Å². The Labute approximate surface area is 135 Å². The molecule has 7 heteroatoms. The summed E-state index contributed by atoms with van der Waals surface area (Å²) in [5.74, 6) is -1.08. The molecule has 0 radical (unpaired) electrons. The van der Waals surface area contributed by atoms with E-state index in [0.717, 1.165) is 12.8 Å². The van der Waals surface area contributed by atoms with E-state index in [1.54, 1.807) is 18.3 Å². The lowest BCUT2D eigenvalue weighted by Crippen LogP contribution is -2.49. The summed E-state index contributed by atoms with van der Waals surface area (Å²) in [5.41, 5.74) is 0. The molecule has 0 bridgehead atoms. The Morgan fingerprint density at radius 3 is 2.67 bits per heavy atom. The number of hydrogen-bond donors (Lipinski definition) is 3. The summed E-state index contributed by atoms with van der Waals surface area (Å²) >= 11 is 1.66. The highest BCUT2D eigenvalue weighted by atomic mass is 35.5. The number of carbonyl (C=O) groups excluding carboxylic acids is 1. The topological polar surface area (TPSA) is 78.4 Å². The fourth-order valence-electron chi connectivity index (χ4n) is 1.86. The molecule has 2 unspecified atom stereocenters. The molecule has 0 aliphatic carbocycles. The predicted octanol–water partition coefficient (Wildman–Crippen LogP) is 2.06. The number of carboxylic acid groups (broad SMARTS) is 1. The Morgan fingerprint density at radius 2 is 2.14 bits per heavy atom. The first-order valence-electron chi connectivity index (χ1n) is 6.83. The van der Waals surface area contributed by atoms with Gasteiger partial charge >= 0.3 is 5.97 Å². The highest BCUT2D eigenvalue weighted by Gasteiger charge is 2.21. The van der Waals surface area contributed by atoms with Crippen molar-refractivity contribution < 1.29 is 14.7 Å². The monoisotopic (exact) mass is 334 g/mol. The van der Waals surface area contributed by atoms with Gasteiger partial charge in [-0.2, -0.15) is 0 Å². The second-order valence-electron chi connectivity index (χ2n) is 4.69. The number of nitrogens with one attached hydrogen (secondary N) is 2. The third kappa shape index (κ3) is 7.45.